The summed E-state index contributed by atoms with van der Waals surface area (Å²) in [5.74, 6) is -0.0388. The molecule has 6 nitrogen and oxygen atoms in total. The van der Waals surface area contributed by atoms with Crippen molar-refractivity contribution in [2.24, 2.45) is 0 Å². The summed E-state index contributed by atoms with van der Waals surface area (Å²) in [5.41, 5.74) is 0. The van der Waals surface area contributed by atoms with Crippen LogP contribution in [0.5, 0.6) is 0 Å². The number of carbonyl (C=O) groups is 2. The summed E-state index contributed by atoms with van der Waals surface area (Å²) in [7, 11) is 0. The van der Waals surface area contributed by atoms with Crippen molar-refractivity contribution in [3.05, 3.63) is 0 Å². The Kier molecular flexibility index (Phi) is 55.5. The van der Waals surface area contributed by atoms with Crippen LogP contribution in [0.15, 0.2) is 0 Å². The molecule has 0 spiro atoms. The van der Waals surface area contributed by atoms with Crippen LogP contribution >= 0.6 is 0 Å². The second-order valence-electron chi connectivity index (χ2n) is 21.1. The Morgan fingerprint density at radius 2 is 0.621 bits per heavy atom. The minimum Gasteiger partial charge on any atom is -0.466 e. The fraction of sp³-hybridized carbons (Fsp3) is 0.967. The summed E-state index contributed by atoms with van der Waals surface area (Å²) in [6.45, 7) is 4.97. The van der Waals surface area contributed by atoms with Crippen molar-refractivity contribution in [1.29, 1.82) is 0 Å². The van der Waals surface area contributed by atoms with Gasteiger partial charge in [0.05, 0.1) is 25.4 Å². The summed E-state index contributed by atoms with van der Waals surface area (Å²) < 4.78 is 5.48. The topological polar surface area (TPSA) is 95.9 Å². The lowest BCUT2D eigenvalue weighted by atomic mass is 10.0. The molecule has 0 aliphatic heterocycles. The fourth-order valence-corrected chi connectivity index (χ4v) is 9.76. The molecule has 0 aromatic rings. The highest BCUT2D eigenvalue weighted by atomic mass is 16.5. The molecule has 0 rings (SSSR count). The number of rotatable bonds is 57. The number of amides is 1. The van der Waals surface area contributed by atoms with Crippen LogP contribution in [-0.4, -0.2) is 47.4 Å². The lowest BCUT2D eigenvalue weighted by Gasteiger charge is -2.22. The molecule has 394 valence electrons. The number of carbonyl (C=O) groups excluding carboxylic acids is 2. The smallest absolute Gasteiger partial charge is 0.305 e. The predicted molar refractivity (Wildman–Crippen MR) is 287 cm³/mol. The van der Waals surface area contributed by atoms with Crippen LogP contribution in [0.3, 0.4) is 0 Å². The summed E-state index contributed by atoms with van der Waals surface area (Å²) in [4.78, 5) is 24.6. The molecule has 0 aliphatic rings. The number of aliphatic hydroxyl groups excluding tert-OH is 2. The molecule has 1 amide bonds. The Hall–Kier alpha value is -1.14. The summed E-state index contributed by atoms with van der Waals surface area (Å²) >= 11 is 0. The van der Waals surface area contributed by atoms with Crippen LogP contribution in [0, 0.1) is 0 Å². The summed E-state index contributed by atoms with van der Waals surface area (Å²) in [6, 6.07) is -0.549. The zero-order valence-corrected chi connectivity index (χ0v) is 45.0. The third-order valence-corrected chi connectivity index (χ3v) is 14.4. The highest BCUT2D eigenvalue weighted by Crippen LogP contribution is 2.18. The van der Waals surface area contributed by atoms with Gasteiger partial charge in [-0.2, -0.15) is 0 Å². The molecule has 0 saturated carbocycles. The van der Waals surface area contributed by atoms with Gasteiger partial charge in [0.1, 0.15) is 0 Å². The molecule has 0 fully saturated rings. The zero-order valence-electron chi connectivity index (χ0n) is 45.0. The molecule has 6 heteroatoms. The van der Waals surface area contributed by atoms with E-state index in [1.54, 1.807) is 0 Å². The van der Waals surface area contributed by atoms with E-state index < -0.39 is 12.1 Å². The Bertz CT molecular complexity index is 944. The van der Waals surface area contributed by atoms with Crippen molar-refractivity contribution in [1.82, 2.24) is 5.32 Å². The number of nitrogens with one attached hydrogen (secondary N) is 1. The van der Waals surface area contributed by atoms with Gasteiger partial charge in [0, 0.05) is 12.8 Å². The van der Waals surface area contributed by atoms with Gasteiger partial charge < -0.3 is 20.3 Å². The van der Waals surface area contributed by atoms with E-state index >= 15 is 0 Å². The van der Waals surface area contributed by atoms with Crippen LogP contribution in [0.4, 0.5) is 0 Å². The van der Waals surface area contributed by atoms with Crippen LogP contribution in [0.25, 0.3) is 0 Å². The molecule has 2 atom stereocenters. The van der Waals surface area contributed by atoms with E-state index in [0.29, 0.717) is 25.9 Å². The first-order chi connectivity index (χ1) is 32.5. The lowest BCUT2D eigenvalue weighted by Crippen LogP contribution is -2.45. The quantitative estimate of drug-likeness (QED) is 0.0417. The Balaban J connectivity index is 3.42. The first kappa shape index (κ1) is 64.9. The number of unbranched alkanes of at least 4 members (excludes halogenated alkanes) is 46. The van der Waals surface area contributed by atoms with Crippen molar-refractivity contribution < 1.29 is 24.5 Å². The lowest BCUT2D eigenvalue weighted by molar-refractivity contribution is -0.143. The summed E-state index contributed by atoms with van der Waals surface area (Å²) in [5, 5.41) is 23.3. The van der Waals surface area contributed by atoms with Crippen molar-refractivity contribution in [3.8, 4) is 0 Å². The Labute approximate surface area is 413 Å². The van der Waals surface area contributed by atoms with E-state index in [1.165, 1.54) is 263 Å². The fourth-order valence-electron chi connectivity index (χ4n) is 9.76. The van der Waals surface area contributed by atoms with Crippen LogP contribution in [-0.2, 0) is 14.3 Å². The second kappa shape index (κ2) is 56.4. The van der Waals surface area contributed by atoms with E-state index in [-0.39, 0.29) is 18.5 Å². The van der Waals surface area contributed by atoms with E-state index in [1.807, 2.05) is 0 Å². The maximum atomic E-state index is 12.5. The van der Waals surface area contributed by atoms with E-state index in [4.69, 9.17) is 4.74 Å². The van der Waals surface area contributed by atoms with Gasteiger partial charge in [0.25, 0.3) is 0 Å². The number of aliphatic hydroxyl groups is 2. The van der Waals surface area contributed by atoms with Crippen molar-refractivity contribution in [2.75, 3.05) is 13.2 Å². The molecule has 0 bridgehead atoms. The van der Waals surface area contributed by atoms with Gasteiger partial charge >= 0.3 is 5.97 Å². The van der Waals surface area contributed by atoms with Crippen molar-refractivity contribution in [3.63, 3.8) is 0 Å². The molecular weight excluding hydrogens is 815 g/mol. The number of esters is 1. The Morgan fingerprint density at radius 3 is 0.924 bits per heavy atom. The average molecular weight is 935 g/mol. The highest BCUT2D eigenvalue weighted by Gasteiger charge is 2.20. The van der Waals surface area contributed by atoms with Gasteiger partial charge in [0.15, 0.2) is 0 Å². The van der Waals surface area contributed by atoms with Gasteiger partial charge in [-0.3, -0.25) is 9.59 Å². The second-order valence-corrected chi connectivity index (χ2v) is 21.1. The first-order valence-electron chi connectivity index (χ1n) is 30.3. The maximum absolute atomic E-state index is 12.5. The monoisotopic (exact) mass is 934 g/mol. The van der Waals surface area contributed by atoms with Gasteiger partial charge in [-0.1, -0.05) is 309 Å². The molecule has 0 aromatic carbocycles. The minimum atomic E-state index is -0.671. The van der Waals surface area contributed by atoms with Crippen molar-refractivity contribution >= 4 is 11.9 Å². The number of hydrogen-bond acceptors (Lipinski definition) is 5. The van der Waals surface area contributed by atoms with Crippen molar-refractivity contribution in [2.45, 2.75) is 360 Å². The number of ether oxygens (including phenoxy) is 1. The third-order valence-electron chi connectivity index (χ3n) is 14.4. The normalized spacial score (nSPS) is 12.5. The maximum Gasteiger partial charge on any atom is 0.305 e. The minimum absolute atomic E-state index is 0.00215. The predicted octanol–water partition coefficient (Wildman–Crippen LogP) is 18.7. The van der Waals surface area contributed by atoms with E-state index in [0.717, 1.165) is 51.4 Å². The molecule has 0 aromatic heterocycles. The Morgan fingerprint density at radius 1 is 0.364 bits per heavy atom. The number of hydrogen-bond donors (Lipinski definition) is 3. The standard InChI is InChI=1S/C60H119NO5/c1-3-5-7-9-11-13-15-17-19-20-21-22-23-25-28-32-36-40-44-48-52-58(63)57(56-62)61-59(64)53-49-45-41-37-33-29-26-27-31-35-39-43-47-51-55-66-60(65)54-50-46-42-38-34-30-24-18-16-14-12-10-8-6-4-2/h57-58,62-63H,3-56H2,1-2H3,(H,61,64). The molecule has 0 saturated heterocycles. The van der Waals surface area contributed by atoms with E-state index in [9.17, 15) is 19.8 Å². The molecule has 66 heavy (non-hydrogen) atoms. The largest absolute Gasteiger partial charge is 0.466 e. The molecule has 0 heterocycles. The van der Waals surface area contributed by atoms with Gasteiger partial charge in [0.2, 0.25) is 5.91 Å². The SMILES string of the molecule is CCCCCCCCCCCCCCCCCCCCCCC(O)C(CO)NC(=O)CCCCCCCCCCCCCCCCOC(=O)CCCCCCCCCCCCCCCCC. The van der Waals surface area contributed by atoms with Gasteiger partial charge in [-0.25, -0.2) is 0 Å². The van der Waals surface area contributed by atoms with Gasteiger partial charge in [-0.15, -0.1) is 0 Å². The molecular formula is C60H119NO5. The first-order valence-corrected chi connectivity index (χ1v) is 30.3. The third kappa shape index (κ3) is 52.2. The molecule has 2 unspecified atom stereocenters. The van der Waals surface area contributed by atoms with Crippen LogP contribution in [0.1, 0.15) is 348 Å². The van der Waals surface area contributed by atoms with Crippen LogP contribution in [0.2, 0.25) is 0 Å². The zero-order chi connectivity index (χ0) is 47.9. The van der Waals surface area contributed by atoms with Crippen LogP contribution < -0.4 is 5.32 Å². The summed E-state index contributed by atoms with van der Waals surface area (Å²) in [6.07, 6.45) is 65.2. The average Bonchev–Trinajstić information content (AvgIpc) is 3.32. The highest BCUT2D eigenvalue weighted by molar-refractivity contribution is 5.76. The van der Waals surface area contributed by atoms with Gasteiger partial charge in [-0.05, 0) is 25.7 Å². The molecule has 0 radical (unpaired) electrons. The van der Waals surface area contributed by atoms with E-state index in [2.05, 4.69) is 19.2 Å². The molecule has 3 N–H and O–H groups in total. The molecule has 0 aliphatic carbocycles.